The van der Waals surface area contributed by atoms with E-state index in [9.17, 15) is 9.59 Å². The molecule has 0 fully saturated rings. The minimum absolute atomic E-state index is 0.138. The van der Waals surface area contributed by atoms with Gasteiger partial charge in [0.15, 0.2) is 0 Å². The van der Waals surface area contributed by atoms with Crippen LogP contribution in [0.3, 0.4) is 0 Å². The summed E-state index contributed by atoms with van der Waals surface area (Å²) in [4.78, 5) is 29.5. The van der Waals surface area contributed by atoms with Crippen molar-refractivity contribution in [2.45, 2.75) is 12.5 Å². The summed E-state index contributed by atoms with van der Waals surface area (Å²) >= 11 is 1.58. The molecule has 9 heteroatoms. The summed E-state index contributed by atoms with van der Waals surface area (Å²) in [5, 5.41) is 8.20. The number of para-hydroxylation sites is 1. The summed E-state index contributed by atoms with van der Waals surface area (Å²) in [6.45, 7) is 0.428. The van der Waals surface area contributed by atoms with Crippen LogP contribution in [0.1, 0.15) is 33.3 Å². The molecule has 0 unspecified atom stereocenters. The molecule has 188 valence electrons. The first-order chi connectivity index (χ1) is 17.5. The molecule has 3 aromatic rings. The average Bonchev–Trinajstić information content (AvgIpc) is 3.61. The summed E-state index contributed by atoms with van der Waals surface area (Å²) in [7, 11) is 4.74. The van der Waals surface area contributed by atoms with Crippen molar-refractivity contribution >= 4 is 28.9 Å². The van der Waals surface area contributed by atoms with Crippen molar-refractivity contribution in [2.24, 2.45) is 5.10 Å². The molecule has 2 heterocycles. The Kier molecular flexibility index (Phi) is 8.35. The van der Waals surface area contributed by atoms with Crippen LogP contribution in [0.4, 0.5) is 0 Å². The largest absolute Gasteiger partial charge is 0.497 e. The molecular weight excluding hydrogens is 478 g/mol. The quantitative estimate of drug-likeness (QED) is 0.410. The molecule has 2 aromatic carbocycles. The number of hydrogen-bond acceptors (Lipinski definition) is 7. The van der Waals surface area contributed by atoms with Crippen LogP contribution in [0.2, 0.25) is 0 Å². The van der Waals surface area contributed by atoms with Gasteiger partial charge in [0.2, 0.25) is 0 Å². The molecule has 2 amide bonds. The zero-order valence-electron chi connectivity index (χ0n) is 20.5. The van der Waals surface area contributed by atoms with Crippen LogP contribution < -0.4 is 9.47 Å². The van der Waals surface area contributed by atoms with E-state index in [1.165, 1.54) is 9.91 Å². The van der Waals surface area contributed by atoms with Gasteiger partial charge >= 0.3 is 0 Å². The Balaban J connectivity index is 1.62. The van der Waals surface area contributed by atoms with Gasteiger partial charge in [0.25, 0.3) is 11.8 Å². The fraction of sp³-hybridized carbons (Fsp3) is 0.296. The Labute approximate surface area is 214 Å². The van der Waals surface area contributed by atoms with Gasteiger partial charge in [-0.1, -0.05) is 24.3 Å². The van der Waals surface area contributed by atoms with Crippen LogP contribution in [0.25, 0.3) is 0 Å². The minimum atomic E-state index is -0.342. The lowest BCUT2D eigenvalue weighted by molar-refractivity contribution is -0.133. The summed E-state index contributed by atoms with van der Waals surface area (Å²) in [6, 6.07) is 18.1. The standard InChI is InChI=1S/C27H29N3O5S/c1-33-15-14-29(27(32)19-10-12-20(34-2)13-11-19)18-26(31)30-23(21-7-4-5-8-24(21)35-3)17-22(28-30)25-9-6-16-36-25/h4-13,16,23H,14-15,17-18H2,1-3H3/t23-/m0/s1. The fourth-order valence-corrected chi connectivity index (χ4v) is 4.84. The molecule has 0 spiro atoms. The lowest BCUT2D eigenvalue weighted by Crippen LogP contribution is -2.42. The van der Waals surface area contributed by atoms with Gasteiger partial charge in [-0.05, 0) is 41.8 Å². The molecule has 0 aliphatic carbocycles. The normalized spacial score (nSPS) is 14.9. The zero-order valence-corrected chi connectivity index (χ0v) is 21.4. The van der Waals surface area contributed by atoms with Crippen LogP contribution >= 0.6 is 11.3 Å². The third kappa shape index (κ3) is 5.58. The number of nitrogens with zero attached hydrogens (tertiary/aromatic N) is 3. The highest BCUT2D eigenvalue weighted by Gasteiger charge is 2.36. The highest BCUT2D eigenvalue weighted by atomic mass is 32.1. The number of hydrazone groups is 1. The van der Waals surface area contributed by atoms with Crippen LogP contribution in [-0.2, 0) is 9.53 Å². The van der Waals surface area contributed by atoms with Gasteiger partial charge in [-0.3, -0.25) is 9.59 Å². The maximum absolute atomic E-state index is 13.7. The molecule has 4 rings (SSSR count). The van der Waals surface area contributed by atoms with Crippen molar-refractivity contribution in [3.8, 4) is 11.5 Å². The molecule has 0 radical (unpaired) electrons. The molecule has 36 heavy (non-hydrogen) atoms. The number of methoxy groups -OCH3 is 3. The van der Waals surface area contributed by atoms with Crippen LogP contribution in [0.15, 0.2) is 71.1 Å². The van der Waals surface area contributed by atoms with Gasteiger partial charge in [0.05, 0.1) is 37.5 Å². The van der Waals surface area contributed by atoms with Gasteiger partial charge in [-0.15, -0.1) is 11.3 Å². The number of carbonyl (C=O) groups is 2. The summed E-state index contributed by atoms with van der Waals surface area (Å²) < 4.78 is 16.0. The van der Waals surface area contributed by atoms with E-state index in [0.717, 1.165) is 16.2 Å². The smallest absolute Gasteiger partial charge is 0.262 e. The fourth-order valence-electron chi connectivity index (χ4n) is 4.12. The van der Waals surface area contributed by atoms with Crippen molar-refractivity contribution in [2.75, 3.05) is 41.0 Å². The topological polar surface area (TPSA) is 80.7 Å². The lowest BCUT2D eigenvalue weighted by atomic mass is 10.00. The third-order valence-electron chi connectivity index (χ3n) is 5.99. The molecule has 0 bridgehead atoms. The Morgan fingerprint density at radius 3 is 2.47 bits per heavy atom. The van der Waals surface area contributed by atoms with E-state index in [4.69, 9.17) is 19.3 Å². The van der Waals surface area contributed by atoms with Gasteiger partial charge in [-0.25, -0.2) is 5.01 Å². The van der Waals surface area contributed by atoms with E-state index < -0.39 is 0 Å². The molecule has 1 aliphatic heterocycles. The van der Waals surface area contributed by atoms with E-state index in [1.54, 1.807) is 56.9 Å². The Hall–Kier alpha value is -3.69. The number of thiophene rings is 1. The first kappa shape index (κ1) is 25.4. The Morgan fingerprint density at radius 2 is 1.81 bits per heavy atom. The molecule has 0 saturated heterocycles. The second kappa shape index (κ2) is 11.8. The predicted octanol–water partition coefficient (Wildman–Crippen LogP) is 4.23. The van der Waals surface area contributed by atoms with Gasteiger partial charge < -0.3 is 19.1 Å². The van der Waals surface area contributed by atoms with Crippen molar-refractivity contribution in [3.63, 3.8) is 0 Å². The molecule has 0 N–H and O–H groups in total. The Morgan fingerprint density at radius 1 is 1.03 bits per heavy atom. The van der Waals surface area contributed by atoms with Crippen molar-refractivity contribution in [3.05, 3.63) is 82.0 Å². The second-order valence-corrected chi connectivity index (χ2v) is 9.12. The predicted molar refractivity (Wildman–Crippen MR) is 139 cm³/mol. The zero-order chi connectivity index (χ0) is 25.5. The van der Waals surface area contributed by atoms with E-state index in [0.29, 0.717) is 30.1 Å². The SMILES string of the molecule is COCCN(CC(=O)N1N=C(c2cccs2)C[C@H]1c1ccccc1OC)C(=O)c1ccc(OC)cc1. The molecule has 1 atom stereocenters. The van der Waals surface area contributed by atoms with Crippen LogP contribution in [0.5, 0.6) is 11.5 Å². The van der Waals surface area contributed by atoms with Gasteiger partial charge in [0.1, 0.15) is 18.0 Å². The summed E-state index contributed by atoms with van der Waals surface area (Å²) in [5.74, 6) is 0.792. The molecule has 1 aliphatic rings. The average molecular weight is 508 g/mol. The van der Waals surface area contributed by atoms with Crippen LogP contribution in [-0.4, -0.2) is 68.5 Å². The highest BCUT2D eigenvalue weighted by molar-refractivity contribution is 7.12. The molecule has 1 aromatic heterocycles. The van der Waals surface area contributed by atoms with Gasteiger partial charge in [0, 0.05) is 31.2 Å². The number of rotatable bonds is 10. The molecular formula is C27H29N3O5S. The van der Waals surface area contributed by atoms with E-state index in [-0.39, 0.29) is 30.9 Å². The number of amides is 2. The van der Waals surface area contributed by atoms with Crippen molar-refractivity contribution < 1.29 is 23.8 Å². The highest BCUT2D eigenvalue weighted by Crippen LogP contribution is 2.38. The lowest BCUT2D eigenvalue weighted by Gasteiger charge is -2.27. The Bertz CT molecular complexity index is 1210. The number of carbonyl (C=O) groups excluding carboxylic acids is 2. The monoisotopic (exact) mass is 507 g/mol. The van der Waals surface area contributed by atoms with E-state index in [1.807, 2.05) is 41.8 Å². The van der Waals surface area contributed by atoms with Crippen molar-refractivity contribution in [1.29, 1.82) is 0 Å². The van der Waals surface area contributed by atoms with Crippen molar-refractivity contribution in [1.82, 2.24) is 9.91 Å². The first-order valence-electron chi connectivity index (χ1n) is 11.5. The maximum atomic E-state index is 13.7. The summed E-state index contributed by atoms with van der Waals surface area (Å²) in [6.07, 6.45) is 0.553. The first-order valence-corrected chi connectivity index (χ1v) is 12.4. The maximum Gasteiger partial charge on any atom is 0.262 e. The third-order valence-corrected chi connectivity index (χ3v) is 6.90. The summed E-state index contributed by atoms with van der Waals surface area (Å²) in [5.41, 5.74) is 2.16. The molecule has 8 nitrogen and oxygen atoms in total. The number of hydrogen-bond donors (Lipinski definition) is 0. The van der Waals surface area contributed by atoms with Crippen LogP contribution in [0, 0.1) is 0 Å². The number of ether oxygens (including phenoxy) is 3. The van der Waals surface area contributed by atoms with E-state index in [2.05, 4.69) is 0 Å². The van der Waals surface area contributed by atoms with E-state index >= 15 is 0 Å². The second-order valence-electron chi connectivity index (χ2n) is 8.17. The van der Waals surface area contributed by atoms with Gasteiger partial charge in [-0.2, -0.15) is 5.10 Å². The minimum Gasteiger partial charge on any atom is -0.497 e. The number of benzene rings is 2. The molecule has 0 saturated carbocycles.